The standard InChI is InChI=1S/C20H26N3O8P/c1-12-10-23(20(27)21-19(12)26)18-9-16(25)17(30-18)11-29-32(28,22-13(2)14(3)24)31-15-7-5-4-6-8-15/h4-8,10,13,16-18,25H,9,11H2,1-3H3,(H,22,28)(H,21,26,27)/t13-,16+,17+,18+,32?/m0/s1. The number of hydrogen-bond donors (Lipinski definition) is 3. The van der Waals surface area contributed by atoms with Crippen LogP contribution >= 0.6 is 7.75 Å². The quantitative estimate of drug-likeness (QED) is 0.463. The van der Waals surface area contributed by atoms with E-state index in [2.05, 4.69) is 10.1 Å². The molecule has 0 amide bonds. The zero-order chi connectivity index (χ0) is 23.5. The number of aliphatic hydroxyl groups excluding tert-OH is 1. The van der Waals surface area contributed by atoms with E-state index in [-0.39, 0.29) is 24.6 Å². The molecule has 5 atom stereocenters. The van der Waals surface area contributed by atoms with Crippen LogP contribution in [0.5, 0.6) is 5.75 Å². The molecule has 1 aromatic heterocycles. The zero-order valence-electron chi connectivity index (χ0n) is 17.9. The van der Waals surface area contributed by atoms with Gasteiger partial charge in [0.15, 0.2) is 0 Å². The van der Waals surface area contributed by atoms with Crippen molar-refractivity contribution in [1.29, 1.82) is 0 Å². The molecule has 0 aliphatic carbocycles. The first kappa shape index (κ1) is 24.1. The highest BCUT2D eigenvalue weighted by Crippen LogP contribution is 2.45. The summed E-state index contributed by atoms with van der Waals surface area (Å²) in [5.74, 6) is -0.00404. The highest BCUT2D eigenvalue weighted by Gasteiger charge is 2.39. The van der Waals surface area contributed by atoms with Gasteiger partial charge in [-0.2, -0.15) is 0 Å². The van der Waals surface area contributed by atoms with E-state index in [1.54, 1.807) is 37.3 Å². The Hall–Kier alpha value is -2.56. The van der Waals surface area contributed by atoms with E-state index < -0.39 is 43.5 Å². The number of benzene rings is 1. The molecule has 0 spiro atoms. The van der Waals surface area contributed by atoms with Crippen LogP contribution in [0, 0.1) is 6.92 Å². The fourth-order valence-corrected chi connectivity index (χ4v) is 4.62. The molecule has 3 N–H and O–H groups in total. The number of H-pyrrole nitrogens is 1. The van der Waals surface area contributed by atoms with E-state index in [4.69, 9.17) is 13.8 Å². The number of aromatic amines is 1. The van der Waals surface area contributed by atoms with Gasteiger partial charge in [-0.25, -0.2) is 14.4 Å². The number of carbonyl (C=O) groups excluding carboxylic acids is 1. The number of aliphatic hydroxyl groups is 1. The van der Waals surface area contributed by atoms with Gasteiger partial charge >= 0.3 is 13.4 Å². The van der Waals surface area contributed by atoms with E-state index in [0.717, 1.165) is 0 Å². The molecule has 2 heterocycles. The van der Waals surface area contributed by atoms with Crippen LogP contribution in [-0.4, -0.2) is 45.3 Å². The van der Waals surface area contributed by atoms with Crippen LogP contribution in [0.15, 0.2) is 46.1 Å². The first-order valence-corrected chi connectivity index (χ1v) is 11.6. The molecule has 11 nitrogen and oxygen atoms in total. The summed E-state index contributed by atoms with van der Waals surface area (Å²) in [6.07, 6.45) is -1.40. The SMILES string of the molecule is CC(=O)[C@H](C)NP(=O)(OC[C@H]1O[C@@H](n2cc(C)c(=O)[nH]c2=O)C[C@H]1O)Oc1ccccc1. The van der Waals surface area contributed by atoms with Crippen LogP contribution in [-0.2, 0) is 18.6 Å². The zero-order valence-corrected chi connectivity index (χ0v) is 18.8. The molecule has 1 aromatic carbocycles. The Morgan fingerprint density at radius 1 is 1.38 bits per heavy atom. The van der Waals surface area contributed by atoms with Crippen molar-refractivity contribution in [2.75, 3.05) is 6.61 Å². The number of ether oxygens (including phenoxy) is 1. The first-order valence-electron chi connectivity index (χ1n) is 10.0. The van der Waals surface area contributed by atoms with Crippen molar-refractivity contribution >= 4 is 13.5 Å². The lowest BCUT2D eigenvalue weighted by molar-refractivity contribution is -0.118. The molecule has 1 unspecified atom stereocenters. The van der Waals surface area contributed by atoms with Crippen molar-refractivity contribution in [3.05, 3.63) is 62.9 Å². The van der Waals surface area contributed by atoms with Gasteiger partial charge in [-0.15, -0.1) is 0 Å². The summed E-state index contributed by atoms with van der Waals surface area (Å²) in [6, 6.07) is 7.48. The minimum Gasteiger partial charge on any atom is -0.413 e. The predicted octanol–water partition coefficient (Wildman–Crippen LogP) is 1.26. The maximum Gasteiger partial charge on any atom is 0.459 e. The number of ketones is 1. The van der Waals surface area contributed by atoms with Gasteiger partial charge in [-0.1, -0.05) is 18.2 Å². The maximum absolute atomic E-state index is 13.3. The van der Waals surface area contributed by atoms with E-state index in [0.29, 0.717) is 5.56 Å². The highest BCUT2D eigenvalue weighted by molar-refractivity contribution is 7.52. The number of carbonyl (C=O) groups is 1. The number of Topliss-reactive ketones (excluding diaryl/α,β-unsaturated/α-hetero) is 1. The summed E-state index contributed by atoms with van der Waals surface area (Å²) < 4.78 is 31.2. The Morgan fingerprint density at radius 3 is 2.72 bits per heavy atom. The summed E-state index contributed by atoms with van der Waals surface area (Å²) in [7, 11) is -4.02. The Labute approximate surface area is 183 Å². The summed E-state index contributed by atoms with van der Waals surface area (Å²) in [5.41, 5.74) is -0.866. The van der Waals surface area contributed by atoms with Crippen molar-refractivity contribution in [2.45, 2.75) is 51.7 Å². The van der Waals surface area contributed by atoms with E-state index in [9.17, 15) is 24.1 Å². The third-order valence-electron chi connectivity index (χ3n) is 5.00. The highest BCUT2D eigenvalue weighted by atomic mass is 31.2. The number of nitrogens with one attached hydrogen (secondary N) is 2. The molecular weight excluding hydrogens is 441 g/mol. The van der Waals surface area contributed by atoms with Crippen LogP contribution in [0.2, 0.25) is 0 Å². The maximum atomic E-state index is 13.3. The summed E-state index contributed by atoms with van der Waals surface area (Å²) >= 11 is 0. The third-order valence-corrected chi connectivity index (χ3v) is 6.64. The molecule has 0 bridgehead atoms. The largest absolute Gasteiger partial charge is 0.459 e. The average Bonchev–Trinajstić information content (AvgIpc) is 3.10. The van der Waals surface area contributed by atoms with Crippen molar-refractivity contribution in [3.63, 3.8) is 0 Å². The number of hydrogen-bond acceptors (Lipinski definition) is 8. The molecule has 1 aliphatic rings. The van der Waals surface area contributed by atoms with Gasteiger partial charge < -0.3 is 14.4 Å². The molecule has 3 rings (SSSR count). The Balaban J connectivity index is 1.73. The lowest BCUT2D eigenvalue weighted by atomic mass is 10.2. The normalized spacial score (nSPS) is 23.4. The van der Waals surface area contributed by atoms with E-state index in [1.165, 1.54) is 24.6 Å². The van der Waals surface area contributed by atoms with Crippen LogP contribution in [0.3, 0.4) is 0 Å². The minimum atomic E-state index is -4.02. The van der Waals surface area contributed by atoms with Crippen molar-refractivity contribution in [3.8, 4) is 5.75 Å². The lowest BCUT2D eigenvalue weighted by Crippen LogP contribution is -2.34. The molecular formula is C20H26N3O8P. The lowest BCUT2D eigenvalue weighted by Gasteiger charge is -2.24. The Kier molecular flexibility index (Phi) is 7.47. The van der Waals surface area contributed by atoms with Crippen molar-refractivity contribution < 1.29 is 28.3 Å². The predicted molar refractivity (Wildman–Crippen MR) is 115 cm³/mol. The van der Waals surface area contributed by atoms with Crippen molar-refractivity contribution in [2.24, 2.45) is 0 Å². The molecule has 1 saturated heterocycles. The molecule has 0 radical (unpaired) electrons. The third kappa shape index (κ3) is 5.81. The first-order chi connectivity index (χ1) is 15.1. The number of nitrogens with zero attached hydrogens (tertiary/aromatic N) is 1. The van der Waals surface area contributed by atoms with Crippen LogP contribution in [0.4, 0.5) is 0 Å². The molecule has 174 valence electrons. The number of aromatic nitrogens is 2. The summed E-state index contributed by atoms with van der Waals surface area (Å²) in [5, 5.41) is 13.0. The van der Waals surface area contributed by atoms with Gasteiger partial charge in [0.1, 0.15) is 23.9 Å². The van der Waals surface area contributed by atoms with Gasteiger partial charge in [-0.05, 0) is 32.9 Å². The van der Waals surface area contributed by atoms with Gasteiger partial charge in [0.2, 0.25) is 0 Å². The van der Waals surface area contributed by atoms with E-state index in [1.807, 2.05) is 0 Å². The second-order valence-corrected chi connectivity index (χ2v) is 9.26. The van der Waals surface area contributed by atoms with Gasteiger partial charge in [0.25, 0.3) is 5.56 Å². The molecule has 12 heteroatoms. The Bertz CT molecular complexity index is 1120. The molecule has 2 aromatic rings. The molecule has 0 saturated carbocycles. The fourth-order valence-electron chi connectivity index (χ4n) is 3.05. The summed E-state index contributed by atoms with van der Waals surface area (Å²) in [6.45, 7) is 4.06. The van der Waals surface area contributed by atoms with Gasteiger partial charge in [0, 0.05) is 18.2 Å². The van der Waals surface area contributed by atoms with E-state index >= 15 is 0 Å². The Morgan fingerprint density at radius 2 is 2.06 bits per heavy atom. The van der Waals surface area contributed by atoms with Gasteiger partial charge in [0.05, 0.1) is 18.8 Å². The fraction of sp³-hybridized carbons (Fsp3) is 0.450. The topological polar surface area (TPSA) is 149 Å². The average molecular weight is 467 g/mol. The monoisotopic (exact) mass is 467 g/mol. The number of aryl methyl sites for hydroxylation is 1. The number of rotatable bonds is 9. The van der Waals surface area contributed by atoms with Crippen LogP contribution in [0.1, 0.15) is 32.1 Å². The molecule has 1 fully saturated rings. The minimum absolute atomic E-state index is 0.0561. The summed E-state index contributed by atoms with van der Waals surface area (Å²) in [4.78, 5) is 37.5. The second kappa shape index (κ2) is 9.93. The molecule has 1 aliphatic heterocycles. The molecule has 32 heavy (non-hydrogen) atoms. The van der Waals surface area contributed by atoms with Gasteiger partial charge in [-0.3, -0.25) is 23.7 Å². The number of para-hydroxylation sites is 1. The van der Waals surface area contributed by atoms with Crippen molar-refractivity contribution in [1.82, 2.24) is 14.6 Å². The second-order valence-electron chi connectivity index (χ2n) is 7.57. The van der Waals surface area contributed by atoms with Crippen LogP contribution < -0.4 is 20.9 Å². The van der Waals surface area contributed by atoms with Crippen LogP contribution in [0.25, 0.3) is 0 Å². The smallest absolute Gasteiger partial charge is 0.413 e.